The van der Waals surface area contributed by atoms with E-state index in [2.05, 4.69) is 5.32 Å². The second-order valence-corrected chi connectivity index (χ2v) is 5.15. The molecule has 0 saturated carbocycles. The molecular weight excluding hydrogens is 254 g/mol. The molecule has 0 aromatic heterocycles. The van der Waals surface area contributed by atoms with E-state index in [0.29, 0.717) is 18.1 Å². The van der Waals surface area contributed by atoms with Crippen LogP contribution in [0.5, 0.6) is 0 Å². The van der Waals surface area contributed by atoms with Crippen molar-refractivity contribution in [2.24, 2.45) is 5.92 Å². The molecule has 0 spiro atoms. The average Bonchev–Trinajstić information content (AvgIpc) is 2.52. The summed E-state index contributed by atoms with van der Waals surface area (Å²) in [5, 5.41) is 3.42. The lowest BCUT2D eigenvalue weighted by Crippen LogP contribution is -2.22. The highest BCUT2D eigenvalue weighted by Crippen LogP contribution is 2.17. The number of rotatable bonds is 6. The quantitative estimate of drug-likeness (QED) is 0.812. The van der Waals surface area contributed by atoms with Crippen LogP contribution in [0.2, 0.25) is 0 Å². The summed E-state index contributed by atoms with van der Waals surface area (Å²) in [5.41, 5.74) is 1.65. The maximum Gasteiger partial charge on any atom is 0.338 e. The number of hydrogen-bond donors (Lipinski definition) is 1. The van der Waals surface area contributed by atoms with Gasteiger partial charge in [0, 0.05) is 25.4 Å². The molecule has 1 N–H and O–H groups in total. The third kappa shape index (κ3) is 4.53. The van der Waals surface area contributed by atoms with Gasteiger partial charge in [0.25, 0.3) is 0 Å². The van der Waals surface area contributed by atoms with Crippen molar-refractivity contribution >= 4 is 11.7 Å². The summed E-state index contributed by atoms with van der Waals surface area (Å²) in [5.74, 6) is 0.431. The number of carbonyl (C=O) groups is 1. The van der Waals surface area contributed by atoms with Gasteiger partial charge in [-0.25, -0.2) is 4.79 Å². The summed E-state index contributed by atoms with van der Waals surface area (Å²) >= 11 is 0. The minimum Gasteiger partial charge on any atom is -0.462 e. The van der Waals surface area contributed by atoms with Gasteiger partial charge in [0.05, 0.1) is 12.2 Å². The number of hydrogen-bond acceptors (Lipinski definition) is 4. The first kappa shape index (κ1) is 14.9. The van der Waals surface area contributed by atoms with Crippen LogP contribution in [0, 0.1) is 5.92 Å². The van der Waals surface area contributed by atoms with Gasteiger partial charge in [0.1, 0.15) is 0 Å². The number of anilines is 1. The summed E-state index contributed by atoms with van der Waals surface area (Å²) in [6.07, 6.45) is 3.08. The molecule has 1 heterocycles. The van der Waals surface area contributed by atoms with Crippen LogP contribution < -0.4 is 5.32 Å². The van der Waals surface area contributed by atoms with Crippen molar-refractivity contribution < 1.29 is 14.3 Å². The Morgan fingerprint density at radius 3 is 2.65 bits per heavy atom. The minimum absolute atomic E-state index is 0.247. The fraction of sp³-hybridized carbons (Fsp3) is 0.562. The maximum absolute atomic E-state index is 11.7. The standard InChI is InChI=1S/C16H23NO3/c1-2-9-20-16(18)14-3-5-15(6-4-14)17-12-13-7-10-19-11-8-13/h3-6,13,17H,2,7-12H2,1H3. The number of carbonyl (C=O) groups excluding carboxylic acids is 1. The van der Waals surface area contributed by atoms with Gasteiger partial charge in [-0.15, -0.1) is 0 Å². The van der Waals surface area contributed by atoms with Crippen LogP contribution in [0.15, 0.2) is 24.3 Å². The Labute approximate surface area is 120 Å². The molecule has 2 rings (SSSR count). The molecule has 0 amide bonds. The molecule has 1 aliphatic rings. The second kappa shape index (κ2) is 7.90. The van der Waals surface area contributed by atoms with Crippen molar-refractivity contribution in [3.63, 3.8) is 0 Å². The third-order valence-electron chi connectivity index (χ3n) is 3.49. The zero-order chi connectivity index (χ0) is 14.2. The molecule has 0 unspecified atom stereocenters. The monoisotopic (exact) mass is 277 g/mol. The highest BCUT2D eigenvalue weighted by Gasteiger charge is 2.13. The number of esters is 1. The largest absolute Gasteiger partial charge is 0.462 e. The first-order chi connectivity index (χ1) is 9.79. The van der Waals surface area contributed by atoms with Gasteiger partial charge in [0.15, 0.2) is 0 Å². The zero-order valence-corrected chi connectivity index (χ0v) is 12.1. The fourth-order valence-corrected chi connectivity index (χ4v) is 2.21. The first-order valence-corrected chi connectivity index (χ1v) is 7.38. The second-order valence-electron chi connectivity index (χ2n) is 5.15. The minimum atomic E-state index is -0.247. The van der Waals surface area contributed by atoms with Gasteiger partial charge >= 0.3 is 5.97 Å². The van der Waals surface area contributed by atoms with Crippen molar-refractivity contribution in [3.05, 3.63) is 29.8 Å². The molecule has 0 radical (unpaired) electrons. The van der Waals surface area contributed by atoms with Gasteiger partial charge in [-0.2, -0.15) is 0 Å². The molecule has 1 aromatic rings. The summed E-state index contributed by atoms with van der Waals surface area (Å²) in [4.78, 5) is 11.7. The van der Waals surface area contributed by atoms with E-state index in [9.17, 15) is 4.79 Å². The zero-order valence-electron chi connectivity index (χ0n) is 12.1. The maximum atomic E-state index is 11.7. The van der Waals surface area contributed by atoms with Crippen molar-refractivity contribution in [1.82, 2.24) is 0 Å². The smallest absolute Gasteiger partial charge is 0.338 e. The fourth-order valence-electron chi connectivity index (χ4n) is 2.21. The van der Waals surface area contributed by atoms with Gasteiger partial charge in [-0.05, 0) is 49.4 Å². The predicted octanol–water partition coefficient (Wildman–Crippen LogP) is 3.09. The topological polar surface area (TPSA) is 47.6 Å². The number of nitrogens with one attached hydrogen (secondary N) is 1. The lowest BCUT2D eigenvalue weighted by molar-refractivity contribution is 0.0505. The highest BCUT2D eigenvalue weighted by atomic mass is 16.5. The van der Waals surface area contributed by atoms with Crippen molar-refractivity contribution in [1.29, 1.82) is 0 Å². The van der Waals surface area contributed by atoms with Crippen LogP contribution in [0.3, 0.4) is 0 Å². The molecule has 0 atom stereocenters. The molecule has 0 bridgehead atoms. The molecule has 20 heavy (non-hydrogen) atoms. The molecule has 1 aromatic carbocycles. The van der Waals surface area contributed by atoms with Crippen molar-refractivity contribution in [2.45, 2.75) is 26.2 Å². The van der Waals surface area contributed by atoms with E-state index in [-0.39, 0.29) is 5.97 Å². The van der Waals surface area contributed by atoms with E-state index >= 15 is 0 Å². The lowest BCUT2D eigenvalue weighted by Gasteiger charge is -2.22. The first-order valence-electron chi connectivity index (χ1n) is 7.38. The lowest BCUT2D eigenvalue weighted by atomic mass is 10.0. The highest BCUT2D eigenvalue weighted by molar-refractivity contribution is 5.89. The molecule has 4 heteroatoms. The van der Waals surface area contributed by atoms with Crippen LogP contribution in [0.4, 0.5) is 5.69 Å². The Bertz CT molecular complexity index is 410. The predicted molar refractivity (Wildman–Crippen MR) is 79.0 cm³/mol. The molecule has 110 valence electrons. The van der Waals surface area contributed by atoms with E-state index in [1.807, 2.05) is 31.2 Å². The SMILES string of the molecule is CCCOC(=O)c1ccc(NCC2CCOCC2)cc1. The Kier molecular flexibility index (Phi) is 5.87. The van der Waals surface area contributed by atoms with Crippen LogP contribution in [0.1, 0.15) is 36.5 Å². The molecule has 0 aliphatic carbocycles. The Balaban J connectivity index is 1.80. The van der Waals surface area contributed by atoms with Crippen LogP contribution in [0.25, 0.3) is 0 Å². The van der Waals surface area contributed by atoms with Crippen molar-refractivity contribution in [3.8, 4) is 0 Å². The normalized spacial score (nSPS) is 15.8. The van der Waals surface area contributed by atoms with Gasteiger partial charge in [-0.1, -0.05) is 6.92 Å². The van der Waals surface area contributed by atoms with E-state index < -0.39 is 0 Å². The summed E-state index contributed by atoms with van der Waals surface area (Å²) in [6, 6.07) is 7.48. The molecular formula is C16H23NO3. The summed E-state index contributed by atoms with van der Waals surface area (Å²) in [6.45, 7) is 5.16. The average molecular weight is 277 g/mol. The van der Waals surface area contributed by atoms with Gasteiger partial charge < -0.3 is 14.8 Å². The molecule has 1 fully saturated rings. The van der Waals surface area contributed by atoms with Crippen LogP contribution >= 0.6 is 0 Å². The van der Waals surface area contributed by atoms with Gasteiger partial charge in [0.2, 0.25) is 0 Å². The number of benzene rings is 1. The summed E-state index contributed by atoms with van der Waals surface area (Å²) in [7, 11) is 0. The van der Waals surface area contributed by atoms with Crippen LogP contribution in [-0.4, -0.2) is 32.3 Å². The Hall–Kier alpha value is -1.55. The Morgan fingerprint density at radius 1 is 1.30 bits per heavy atom. The third-order valence-corrected chi connectivity index (χ3v) is 3.49. The van der Waals surface area contributed by atoms with Gasteiger partial charge in [-0.3, -0.25) is 0 Å². The summed E-state index contributed by atoms with van der Waals surface area (Å²) < 4.78 is 10.4. The molecule has 1 saturated heterocycles. The molecule has 1 aliphatic heterocycles. The van der Waals surface area contributed by atoms with E-state index in [1.54, 1.807) is 0 Å². The van der Waals surface area contributed by atoms with E-state index in [4.69, 9.17) is 9.47 Å². The number of ether oxygens (including phenoxy) is 2. The van der Waals surface area contributed by atoms with E-state index in [0.717, 1.165) is 44.7 Å². The Morgan fingerprint density at radius 2 is 2.00 bits per heavy atom. The van der Waals surface area contributed by atoms with Crippen LogP contribution in [-0.2, 0) is 9.47 Å². The molecule has 4 nitrogen and oxygen atoms in total. The van der Waals surface area contributed by atoms with E-state index in [1.165, 1.54) is 0 Å². The van der Waals surface area contributed by atoms with Crippen molar-refractivity contribution in [2.75, 3.05) is 31.7 Å².